The Hall–Kier alpha value is -3.53. The first-order chi connectivity index (χ1) is 12.8. The fraction of sp³-hybridized carbons (Fsp3) is 0.0455. The number of benzene rings is 2. The van der Waals surface area contributed by atoms with E-state index in [1.54, 1.807) is 6.08 Å². The first-order valence-electron chi connectivity index (χ1n) is 8.44. The molecule has 4 nitrogen and oxygen atoms in total. The number of amidine groups is 2. The van der Waals surface area contributed by atoms with Crippen LogP contribution < -0.4 is 0 Å². The van der Waals surface area contributed by atoms with Crippen molar-refractivity contribution in [3.8, 4) is 0 Å². The van der Waals surface area contributed by atoms with Crippen LogP contribution in [-0.4, -0.2) is 22.5 Å². The molecule has 4 rings (SSSR count). The first-order valence-corrected chi connectivity index (χ1v) is 8.44. The molecular formula is C22H17N3O. The van der Waals surface area contributed by atoms with Crippen molar-refractivity contribution in [1.29, 1.82) is 0 Å². The van der Waals surface area contributed by atoms with E-state index < -0.39 is 0 Å². The Bertz CT molecular complexity index is 981. The minimum atomic E-state index is -0.327. The number of nitrogens with zero attached hydrogens (tertiary/aromatic N) is 3. The van der Waals surface area contributed by atoms with Gasteiger partial charge in [0.1, 0.15) is 5.84 Å². The number of aliphatic imine (C=N–C) groups is 2. The highest BCUT2D eigenvalue weighted by Gasteiger charge is 2.20. The van der Waals surface area contributed by atoms with E-state index >= 15 is 0 Å². The van der Waals surface area contributed by atoms with Gasteiger partial charge in [-0.1, -0.05) is 60.7 Å². The molecule has 0 saturated carbocycles. The normalized spacial score (nSPS) is 17.0. The molecule has 0 aromatic heterocycles. The molecule has 0 fully saturated rings. The molecule has 126 valence electrons. The van der Waals surface area contributed by atoms with Gasteiger partial charge >= 0.3 is 0 Å². The Balaban J connectivity index is 1.70. The molecule has 2 aliphatic rings. The topological polar surface area (TPSA) is 45.0 Å². The molecule has 0 bridgehead atoms. The summed E-state index contributed by atoms with van der Waals surface area (Å²) < 4.78 is 0. The lowest BCUT2D eigenvalue weighted by atomic mass is 10.1. The molecule has 0 unspecified atom stereocenters. The summed E-state index contributed by atoms with van der Waals surface area (Å²) in [6.45, 7) is 0.697. The molecule has 0 radical (unpaired) electrons. The number of allylic oxidation sites excluding steroid dienone is 2. The highest BCUT2D eigenvalue weighted by Crippen LogP contribution is 2.20. The number of hydrogen-bond donors (Lipinski definition) is 0. The summed E-state index contributed by atoms with van der Waals surface area (Å²) >= 11 is 0. The zero-order valence-corrected chi connectivity index (χ0v) is 14.1. The monoisotopic (exact) mass is 339 g/mol. The molecule has 2 aliphatic heterocycles. The zero-order chi connectivity index (χ0) is 17.8. The van der Waals surface area contributed by atoms with Gasteiger partial charge in [0.15, 0.2) is 5.84 Å². The predicted octanol–water partition coefficient (Wildman–Crippen LogP) is 3.97. The van der Waals surface area contributed by atoms with E-state index in [1.165, 1.54) is 6.08 Å². The van der Waals surface area contributed by atoms with Crippen LogP contribution in [-0.2, 0) is 11.3 Å². The van der Waals surface area contributed by atoms with Crippen molar-refractivity contribution in [2.24, 2.45) is 9.98 Å². The third-order valence-corrected chi connectivity index (χ3v) is 4.17. The van der Waals surface area contributed by atoms with Crippen molar-refractivity contribution in [2.75, 3.05) is 0 Å². The fourth-order valence-corrected chi connectivity index (χ4v) is 2.89. The molecule has 0 N–H and O–H groups in total. The van der Waals surface area contributed by atoms with Crippen molar-refractivity contribution < 1.29 is 4.79 Å². The lowest BCUT2D eigenvalue weighted by Crippen LogP contribution is -2.24. The fourth-order valence-electron chi connectivity index (χ4n) is 2.89. The van der Waals surface area contributed by atoms with Crippen molar-refractivity contribution in [2.45, 2.75) is 6.54 Å². The summed E-state index contributed by atoms with van der Waals surface area (Å²) in [5.74, 6) is 0.898. The third kappa shape index (κ3) is 3.44. The number of carbonyl (C=O) groups is 1. The van der Waals surface area contributed by atoms with Crippen LogP contribution in [0.5, 0.6) is 0 Å². The van der Waals surface area contributed by atoms with E-state index in [0.717, 1.165) is 22.5 Å². The van der Waals surface area contributed by atoms with Gasteiger partial charge in [0.05, 0.1) is 0 Å². The van der Waals surface area contributed by atoms with Crippen LogP contribution in [0.3, 0.4) is 0 Å². The number of fused-ring (bicyclic) bond motifs is 2. The molecule has 0 atom stereocenters. The summed E-state index contributed by atoms with van der Waals surface area (Å²) in [7, 11) is 0. The first kappa shape index (κ1) is 16.0. The Morgan fingerprint density at radius 1 is 1.04 bits per heavy atom. The third-order valence-electron chi connectivity index (χ3n) is 4.17. The second-order valence-electron chi connectivity index (χ2n) is 5.97. The van der Waals surface area contributed by atoms with Crippen LogP contribution in [0.1, 0.15) is 16.7 Å². The van der Waals surface area contributed by atoms with E-state index in [2.05, 4.69) is 9.98 Å². The van der Waals surface area contributed by atoms with Gasteiger partial charge in [0, 0.05) is 24.4 Å². The van der Waals surface area contributed by atoms with Crippen LogP contribution in [0.15, 0.2) is 95.1 Å². The van der Waals surface area contributed by atoms with Crippen molar-refractivity contribution >= 4 is 23.7 Å². The average molecular weight is 339 g/mol. The van der Waals surface area contributed by atoms with Gasteiger partial charge in [-0.15, -0.1) is 0 Å². The van der Waals surface area contributed by atoms with Gasteiger partial charge in [0.2, 0.25) is 0 Å². The van der Waals surface area contributed by atoms with Gasteiger partial charge in [-0.2, -0.15) is 4.99 Å². The number of rotatable bonds is 2. The van der Waals surface area contributed by atoms with E-state index in [4.69, 9.17) is 0 Å². The number of carbonyl (C=O) groups excluding carboxylic acids is 1. The van der Waals surface area contributed by atoms with E-state index in [9.17, 15) is 4.79 Å². The smallest absolute Gasteiger partial charge is 0.271 e. The maximum Gasteiger partial charge on any atom is 0.271 e. The molecule has 26 heavy (non-hydrogen) atoms. The average Bonchev–Trinajstić information content (AvgIpc) is 2.84. The second kappa shape index (κ2) is 7.15. The molecular weight excluding hydrogens is 322 g/mol. The van der Waals surface area contributed by atoms with Crippen LogP contribution in [0.25, 0.3) is 6.08 Å². The van der Waals surface area contributed by atoms with Gasteiger partial charge in [-0.3, -0.25) is 4.79 Å². The largest absolute Gasteiger partial charge is 0.329 e. The molecule has 0 saturated heterocycles. The van der Waals surface area contributed by atoms with Gasteiger partial charge < -0.3 is 4.90 Å². The summed E-state index contributed by atoms with van der Waals surface area (Å²) in [6, 6.07) is 17.6. The van der Waals surface area contributed by atoms with Crippen LogP contribution in [0.2, 0.25) is 0 Å². The summed E-state index contributed by atoms with van der Waals surface area (Å²) in [6.07, 6.45) is 11.0. The highest BCUT2D eigenvalue weighted by molar-refractivity contribution is 6.15. The Morgan fingerprint density at radius 2 is 1.85 bits per heavy atom. The molecule has 2 heterocycles. The van der Waals surface area contributed by atoms with E-state index in [-0.39, 0.29) is 5.91 Å². The van der Waals surface area contributed by atoms with Crippen molar-refractivity contribution in [3.05, 3.63) is 102 Å². The maximum absolute atomic E-state index is 12.4. The summed E-state index contributed by atoms with van der Waals surface area (Å²) in [5, 5.41) is 0. The lowest BCUT2D eigenvalue weighted by Gasteiger charge is -2.20. The molecule has 4 heteroatoms. The second-order valence-corrected chi connectivity index (χ2v) is 5.97. The van der Waals surface area contributed by atoms with Crippen LogP contribution >= 0.6 is 0 Å². The SMILES string of the molecule is O=C(/C=C/c1ccccc1)N=C1N=C2C=CC=CN2Cc2ccccc21. The molecule has 2 aromatic rings. The van der Waals surface area contributed by atoms with Gasteiger partial charge in [-0.25, -0.2) is 4.99 Å². The summed E-state index contributed by atoms with van der Waals surface area (Å²) in [5.41, 5.74) is 2.93. The van der Waals surface area contributed by atoms with Gasteiger partial charge in [0.25, 0.3) is 5.91 Å². The van der Waals surface area contributed by atoms with Crippen molar-refractivity contribution in [1.82, 2.24) is 4.90 Å². The zero-order valence-electron chi connectivity index (χ0n) is 14.1. The number of hydrogen-bond acceptors (Lipinski definition) is 2. The molecule has 2 aromatic carbocycles. The minimum Gasteiger partial charge on any atom is -0.329 e. The lowest BCUT2D eigenvalue weighted by molar-refractivity contribution is -0.113. The highest BCUT2D eigenvalue weighted by atomic mass is 16.1. The molecule has 0 aliphatic carbocycles. The van der Waals surface area contributed by atoms with Crippen molar-refractivity contribution in [3.63, 3.8) is 0 Å². The summed E-state index contributed by atoms with van der Waals surface area (Å²) in [4.78, 5) is 23.3. The van der Waals surface area contributed by atoms with Crippen LogP contribution in [0.4, 0.5) is 0 Å². The Labute approximate surface area is 152 Å². The Kier molecular flexibility index (Phi) is 4.39. The molecule has 0 spiro atoms. The molecule has 1 amide bonds. The minimum absolute atomic E-state index is 0.327. The van der Waals surface area contributed by atoms with Gasteiger partial charge in [-0.05, 0) is 29.4 Å². The Morgan fingerprint density at radius 3 is 2.73 bits per heavy atom. The number of amides is 1. The van der Waals surface area contributed by atoms with Crippen LogP contribution in [0, 0.1) is 0 Å². The maximum atomic E-state index is 12.4. The predicted molar refractivity (Wildman–Crippen MR) is 105 cm³/mol. The van der Waals surface area contributed by atoms with E-state index in [1.807, 2.05) is 83.9 Å². The standard InChI is InChI=1S/C22H17N3O/c26-21(14-13-17-8-2-1-3-9-17)24-22-19-11-5-4-10-18(19)16-25-15-7-6-12-20(25)23-22/h1-15H,16H2/b14-13+,24-22?. The quantitative estimate of drug-likeness (QED) is 0.777. The van der Waals surface area contributed by atoms with E-state index in [0.29, 0.717) is 12.4 Å².